The minimum absolute atomic E-state index is 0.0338. The molecule has 2 amide bonds. The molecule has 1 aromatic carbocycles. The molecule has 4 rings (SSSR count). The van der Waals surface area contributed by atoms with Gasteiger partial charge in [-0.3, -0.25) is 9.59 Å². The standard InChI is InChI=1S/C20H27N3O3/c24-16-12-20(19(26)22-17(16)14-6-2-1-3-7-14)9-5-11-23(13-20)18(25)15-8-4-10-21-15/h1-3,6-7,15-17,21,24H,4-5,8-13H2,(H,22,26)/t15-,16-,17+,20-/m1/s1. The molecule has 3 aliphatic rings. The summed E-state index contributed by atoms with van der Waals surface area (Å²) in [7, 11) is 0. The third-order valence-electron chi connectivity index (χ3n) is 6.16. The highest BCUT2D eigenvalue weighted by Gasteiger charge is 2.50. The van der Waals surface area contributed by atoms with Crippen molar-refractivity contribution in [3.8, 4) is 0 Å². The third-order valence-corrected chi connectivity index (χ3v) is 6.16. The minimum Gasteiger partial charge on any atom is -0.391 e. The van der Waals surface area contributed by atoms with Crippen LogP contribution in [0.15, 0.2) is 30.3 Å². The number of nitrogens with one attached hydrogen (secondary N) is 2. The molecule has 4 atom stereocenters. The number of hydrogen-bond acceptors (Lipinski definition) is 4. The summed E-state index contributed by atoms with van der Waals surface area (Å²) in [5.41, 5.74) is 0.249. The van der Waals surface area contributed by atoms with Crippen LogP contribution in [0.1, 0.15) is 43.7 Å². The van der Waals surface area contributed by atoms with E-state index in [0.29, 0.717) is 19.5 Å². The van der Waals surface area contributed by atoms with E-state index in [1.807, 2.05) is 35.2 Å². The zero-order valence-corrected chi connectivity index (χ0v) is 15.0. The number of aliphatic hydroxyl groups is 1. The van der Waals surface area contributed by atoms with Crippen LogP contribution in [0.3, 0.4) is 0 Å². The topological polar surface area (TPSA) is 81.7 Å². The smallest absolute Gasteiger partial charge is 0.239 e. The van der Waals surface area contributed by atoms with Gasteiger partial charge < -0.3 is 20.6 Å². The van der Waals surface area contributed by atoms with Crippen molar-refractivity contribution in [3.63, 3.8) is 0 Å². The third kappa shape index (κ3) is 3.12. The van der Waals surface area contributed by atoms with Crippen molar-refractivity contribution in [3.05, 3.63) is 35.9 Å². The first-order chi connectivity index (χ1) is 12.6. The minimum atomic E-state index is -0.669. The molecule has 140 valence electrons. The molecule has 3 fully saturated rings. The van der Waals surface area contributed by atoms with Crippen molar-refractivity contribution in [2.24, 2.45) is 5.41 Å². The average molecular weight is 357 g/mol. The van der Waals surface area contributed by atoms with Gasteiger partial charge in [-0.05, 0) is 44.2 Å². The Morgan fingerprint density at radius 3 is 2.77 bits per heavy atom. The first kappa shape index (κ1) is 17.5. The largest absolute Gasteiger partial charge is 0.391 e. The van der Waals surface area contributed by atoms with Gasteiger partial charge in [0.2, 0.25) is 11.8 Å². The Bertz CT molecular complexity index is 674. The number of piperidine rings is 2. The molecule has 6 heteroatoms. The zero-order valence-electron chi connectivity index (χ0n) is 15.0. The fourth-order valence-corrected chi connectivity index (χ4v) is 4.75. The summed E-state index contributed by atoms with van der Waals surface area (Å²) in [6.07, 6.45) is 3.17. The van der Waals surface area contributed by atoms with Gasteiger partial charge in [0.05, 0.1) is 23.6 Å². The van der Waals surface area contributed by atoms with E-state index >= 15 is 0 Å². The predicted octanol–water partition coefficient (Wildman–Crippen LogP) is 0.969. The molecule has 0 unspecified atom stereocenters. The summed E-state index contributed by atoms with van der Waals surface area (Å²) in [5.74, 6) is 0.0718. The summed E-state index contributed by atoms with van der Waals surface area (Å²) in [6, 6.07) is 9.10. The Kier molecular flexibility index (Phi) is 4.71. The first-order valence-electron chi connectivity index (χ1n) is 9.65. The maximum Gasteiger partial charge on any atom is 0.239 e. The fourth-order valence-electron chi connectivity index (χ4n) is 4.75. The quantitative estimate of drug-likeness (QED) is 0.737. The van der Waals surface area contributed by atoms with Crippen LogP contribution in [0.5, 0.6) is 0 Å². The summed E-state index contributed by atoms with van der Waals surface area (Å²) in [4.78, 5) is 27.6. The Morgan fingerprint density at radius 2 is 2.04 bits per heavy atom. The SMILES string of the molecule is O=C([C@H]1CCCN1)N1CCC[C@@]2(C[C@@H](O)[C@H](c3ccccc3)NC2=O)C1. The van der Waals surface area contributed by atoms with Crippen LogP contribution >= 0.6 is 0 Å². The summed E-state index contributed by atoms with van der Waals surface area (Å²) in [5, 5.41) is 17.0. The van der Waals surface area contributed by atoms with Gasteiger partial charge in [0.15, 0.2) is 0 Å². The molecule has 0 aliphatic carbocycles. The second-order valence-corrected chi connectivity index (χ2v) is 7.93. The average Bonchev–Trinajstić information content (AvgIpc) is 3.20. The lowest BCUT2D eigenvalue weighted by molar-refractivity contribution is -0.150. The van der Waals surface area contributed by atoms with Crippen LogP contribution in [0.25, 0.3) is 0 Å². The summed E-state index contributed by atoms with van der Waals surface area (Å²) >= 11 is 0. The maximum absolute atomic E-state index is 13.0. The number of likely N-dealkylation sites (tertiary alicyclic amines) is 1. The number of carbonyl (C=O) groups excluding carboxylic acids is 2. The number of carbonyl (C=O) groups is 2. The van der Waals surface area contributed by atoms with E-state index in [-0.39, 0.29) is 23.9 Å². The van der Waals surface area contributed by atoms with Gasteiger partial charge in [-0.15, -0.1) is 0 Å². The highest BCUT2D eigenvalue weighted by Crippen LogP contribution is 2.41. The second kappa shape index (κ2) is 7.00. The molecule has 3 N–H and O–H groups in total. The molecule has 0 saturated carbocycles. The van der Waals surface area contributed by atoms with E-state index in [2.05, 4.69) is 10.6 Å². The number of hydrogen-bond donors (Lipinski definition) is 3. The van der Waals surface area contributed by atoms with E-state index in [4.69, 9.17) is 0 Å². The lowest BCUT2D eigenvalue weighted by Crippen LogP contribution is -2.61. The Morgan fingerprint density at radius 1 is 1.23 bits per heavy atom. The molecule has 0 radical (unpaired) electrons. The highest BCUT2D eigenvalue weighted by molar-refractivity contribution is 5.87. The maximum atomic E-state index is 13.0. The number of benzene rings is 1. The number of nitrogens with zero attached hydrogens (tertiary/aromatic N) is 1. The lowest BCUT2D eigenvalue weighted by Gasteiger charge is -2.47. The van der Waals surface area contributed by atoms with Crippen molar-refractivity contribution in [2.45, 2.75) is 50.3 Å². The van der Waals surface area contributed by atoms with Crippen molar-refractivity contribution in [1.82, 2.24) is 15.5 Å². The van der Waals surface area contributed by atoms with Crippen LogP contribution in [0.4, 0.5) is 0 Å². The Balaban J connectivity index is 1.49. The van der Waals surface area contributed by atoms with Crippen LogP contribution in [0, 0.1) is 5.41 Å². The summed E-state index contributed by atoms with van der Waals surface area (Å²) < 4.78 is 0. The molecule has 1 aromatic rings. The molecular weight excluding hydrogens is 330 g/mol. The normalized spacial score (nSPS) is 34.7. The molecular formula is C20H27N3O3. The molecule has 3 heterocycles. The van der Waals surface area contributed by atoms with Gasteiger partial charge in [-0.2, -0.15) is 0 Å². The molecule has 26 heavy (non-hydrogen) atoms. The fraction of sp³-hybridized carbons (Fsp3) is 0.600. The lowest BCUT2D eigenvalue weighted by atomic mass is 9.70. The van der Waals surface area contributed by atoms with E-state index in [1.165, 1.54) is 0 Å². The van der Waals surface area contributed by atoms with Crippen LogP contribution in [-0.4, -0.2) is 53.6 Å². The monoisotopic (exact) mass is 357 g/mol. The van der Waals surface area contributed by atoms with Crippen molar-refractivity contribution in [1.29, 1.82) is 0 Å². The molecule has 3 saturated heterocycles. The van der Waals surface area contributed by atoms with E-state index in [1.54, 1.807) is 0 Å². The van der Waals surface area contributed by atoms with E-state index in [0.717, 1.165) is 37.8 Å². The molecule has 0 aromatic heterocycles. The number of rotatable bonds is 2. The predicted molar refractivity (Wildman–Crippen MR) is 97.2 cm³/mol. The Labute approximate surface area is 153 Å². The van der Waals surface area contributed by atoms with Crippen molar-refractivity contribution in [2.75, 3.05) is 19.6 Å². The van der Waals surface area contributed by atoms with Gasteiger partial charge in [0, 0.05) is 13.1 Å². The summed E-state index contributed by atoms with van der Waals surface area (Å²) in [6.45, 7) is 1.99. The zero-order chi connectivity index (χ0) is 18.1. The molecule has 3 aliphatic heterocycles. The molecule has 0 bridgehead atoms. The van der Waals surface area contributed by atoms with Crippen LogP contribution in [0.2, 0.25) is 0 Å². The second-order valence-electron chi connectivity index (χ2n) is 7.93. The van der Waals surface area contributed by atoms with Crippen molar-refractivity contribution < 1.29 is 14.7 Å². The number of aliphatic hydroxyl groups excluding tert-OH is 1. The van der Waals surface area contributed by atoms with E-state index in [9.17, 15) is 14.7 Å². The first-order valence-corrected chi connectivity index (χ1v) is 9.65. The van der Waals surface area contributed by atoms with Gasteiger partial charge in [-0.1, -0.05) is 30.3 Å². The van der Waals surface area contributed by atoms with E-state index < -0.39 is 11.5 Å². The Hall–Kier alpha value is -1.92. The van der Waals surface area contributed by atoms with Crippen molar-refractivity contribution >= 4 is 11.8 Å². The van der Waals surface area contributed by atoms with Crippen LogP contribution < -0.4 is 10.6 Å². The van der Waals surface area contributed by atoms with Gasteiger partial charge in [-0.25, -0.2) is 0 Å². The van der Waals surface area contributed by atoms with Crippen LogP contribution in [-0.2, 0) is 9.59 Å². The molecule has 1 spiro atoms. The van der Waals surface area contributed by atoms with Gasteiger partial charge in [0.1, 0.15) is 0 Å². The van der Waals surface area contributed by atoms with Gasteiger partial charge in [0.25, 0.3) is 0 Å². The van der Waals surface area contributed by atoms with Gasteiger partial charge >= 0.3 is 0 Å². The highest BCUT2D eigenvalue weighted by atomic mass is 16.3. The number of amides is 2. The molecule has 6 nitrogen and oxygen atoms in total.